The van der Waals surface area contributed by atoms with Crippen molar-refractivity contribution in [2.75, 3.05) is 39.4 Å². The van der Waals surface area contributed by atoms with Gasteiger partial charge in [-0.15, -0.1) is 0 Å². The van der Waals surface area contributed by atoms with Gasteiger partial charge in [-0.1, -0.05) is 12.2 Å². The van der Waals surface area contributed by atoms with Crippen molar-refractivity contribution in [3.05, 3.63) is 12.2 Å². The summed E-state index contributed by atoms with van der Waals surface area (Å²) in [6.07, 6.45) is 2.69. The molecule has 0 amide bonds. The topological polar surface area (TPSA) is 24.5 Å². The Morgan fingerprint density at radius 3 is 3.06 bits per heavy atom. The van der Waals surface area contributed by atoms with Gasteiger partial charge in [0.25, 0.3) is 0 Å². The highest BCUT2D eigenvalue weighted by atomic mass is 16.5. The summed E-state index contributed by atoms with van der Waals surface area (Å²) < 4.78 is 5.49. The molecule has 3 unspecified atom stereocenters. The smallest absolute Gasteiger partial charge is 0.0672 e. The van der Waals surface area contributed by atoms with Crippen molar-refractivity contribution in [3.63, 3.8) is 0 Å². The summed E-state index contributed by atoms with van der Waals surface area (Å²) in [4.78, 5) is 2.58. The fourth-order valence-electron chi connectivity index (χ4n) is 2.78. The van der Waals surface area contributed by atoms with Crippen molar-refractivity contribution in [2.24, 2.45) is 5.92 Å². The van der Waals surface area contributed by atoms with Gasteiger partial charge in [0.1, 0.15) is 0 Å². The van der Waals surface area contributed by atoms with Crippen molar-refractivity contribution in [3.8, 4) is 0 Å². The van der Waals surface area contributed by atoms with Crippen LogP contribution >= 0.6 is 0 Å². The number of piperidine rings is 1. The summed E-state index contributed by atoms with van der Waals surface area (Å²) in [5, 5.41) is 3.64. The second-order valence-electron chi connectivity index (χ2n) is 5.21. The van der Waals surface area contributed by atoms with Crippen LogP contribution in [0.3, 0.4) is 0 Å². The van der Waals surface area contributed by atoms with E-state index >= 15 is 0 Å². The van der Waals surface area contributed by atoms with Crippen LogP contribution in [0.1, 0.15) is 19.8 Å². The molecule has 0 aliphatic carbocycles. The zero-order chi connectivity index (χ0) is 11.4. The van der Waals surface area contributed by atoms with E-state index in [4.69, 9.17) is 4.74 Å². The molecule has 0 aromatic carbocycles. The van der Waals surface area contributed by atoms with Gasteiger partial charge in [0, 0.05) is 19.1 Å². The third-order valence-corrected chi connectivity index (χ3v) is 3.64. The van der Waals surface area contributed by atoms with Crippen molar-refractivity contribution < 1.29 is 4.74 Å². The Kier molecular flexibility index (Phi) is 4.38. The maximum absolute atomic E-state index is 5.49. The molecule has 2 heterocycles. The number of hydrogen-bond donors (Lipinski definition) is 1. The Bertz CT molecular complexity index is 242. The van der Waals surface area contributed by atoms with Crippen molar-refractivity contribution in [2.45, 2.75) is 25.8 Å². The van der Waals surface area contributed by atoms with E-state index in [0.29, 0.717) is 6.61 Å². The van der Waals surface area contributed by atoms with Gasteiger partial charge in [0.15, 0.2) is 0 Å². The maximum atomic E-state index is 5.49. The Morgan fingerprint density at radius 2 is 2.25 bits per heavy atom. The fraction of sp³-hybridized carbons (Fsp3) is 0.846. The monoisotopic (exact) mass is 224 g/mol. The minimum absolute atomic E-state index is 0.698. The van der Waals surface area contributed by atoms with E-state index in [1.54, 1.807) is 0 Å². The molecule has 2 saturated heterocycles. The highest BCUT2D eigenvalue weighted by Crippen LogP contribution is 2.26. The molecule has 16 heavy (non-hydrogen) atoms. The van der Waals surface area contributed by atoms with Gasteiger partial charge in [-0.3, -0.25) is 0 Å². The number of nitrogens with one attached hydrogen (secondary N) is 1. The minimum atomic E-state index is 0.698. The lowest BCUT2D eigenvalue weighted by Gasteiger charge is -2.31. The average molecular weight is 224 g/mol. The Morgan fingerprint density at radius 1 is 1.44 bits per heavy atom. The van der Waals surface area contributed by atoms with E-state index in [1.165, 1.54) is 32.5 Å². The van der Waals surface area contributed by atoms with Gasteiger partial charge in [-0.25, -0.2) is 0 Å². The minimum Gasteiger partial charge on any atom is -0.376 e. The molecule has 92 valence electrons. The molecule has 2 bridgehead atoms. The van der Waals surface area contributed by atoms with Gasteiger partial charge in [0.2, 0.25) is 0 Å². The summed E-state index contributed by atoms with van der Waals surface area (Å²) in [5.41, 5.74) is 1.10. The highest BCUT2D eigenvalue weighted by Gasteiger charge is 2.33. The van der Waals surface area contributed by atoms with Crippen LogP contribution in [-0.2, 0) is 4.74 Å². The second-order valence-corrected chi connectivity index (χ2v) is 5.21. The van der Waals surface area contributed by atoms with Crippen LogP contribution < -0.4 is 5.32 Å². The predicted molar refractivity (Wildman–Crippen MR) is 66.6 cm³/mol. The van der Waals surface area contributed by atoms with E-state index < -0.39 is 0 Å². The lowest BCUT2D eigenvalue weighted by Crippen LogP contribution is -2.44. The number of rotatable bonds is 6. The molecule has 1 N–H and O–H groups in total. The van der Waals surface area contributed by atoms with Crippen LogP contribution in [0.15, 0.2) is 12.2 Å². The van der Waals surface area contributed by atoms with E-state index in [9.17, 15) is 0 Å². The molecular weight excluding hydrogens is 200 g/mol. The number of fused-ring (bicyclic) bond motifs is 2. The van der Waals surface area contributed by atoms with Crippen molar-refractivity contribution in [1.29, 1.82) is 0 Å². The van der Waals surface area contributed by atoms with Crippen LogP contribution in [-0.4, -0.2) is 50.3 Å². The third kappa shape index (κ3) is 3.30. The highest BCUT2D eigenvalue weighted by molar-refractivity contribution is 4.90. The molecule has 0 saturated carbocycles. The fourth-order valence-corrected chi connectivity index (χ4v) is 2.78. The summed E-state index contributed by atoms with van der Waals surface area (Å²) >= 11 is 0. The first kappa shape index (κ1) is 12.1. The van der Waals surface area contributed by atoms with Crippen LogP contribution in [0.2, 0.25) is 0 Å². The second kappa shape index (κ2) is 5.80. The molecule has 0 spiro atoms. The predicted octanol–water partition coefficient (Wildman–Crippen LogP) is 1.26. The molecule has 3 atom stereocenters. The molecule has 2 rings (SSSR count). The zero-order valence-electron chi connectivity index (χ0n) is 10.4. The molecule has 2 aliphatic heterocycles. The van der Waals surface area contributed by atoms with E-state index in [1.807, 2.05) is 6.92 Å². The molecule has 0 aromatic rings. The Labute approximate surface area is 98.8 Å². The molecule has 2 aliphatic rings. The molecule has 0 aromatic heterocycles. The molecule has 0 radical (unpaired) electrons. The lowest BCUT2D eigenvalue weighted by molar-refractivity contribution is 0.146. The number of ether oxygens (including phenoxy) is 1. The van der Waals surface area contributed by atoms with Gasteiger partial charge >= 0.3 is 0 Å². The average Bonchev–Trinajstić information content (AvgIpc) is 2.63. The Balaban J connectivity index is 1.57. The summed E-state index contributed by atoms with van der Waals surface area (Å²) in [6.45, 7) is 12.2. The zero-order valence-corrected chi connectivity index (χ0v) is 10.4. The lowest BCUT2D eigenvalue weighted by atomic mass is 9.94. The largest absolute Gasteiger partial charge is 0.376 e. The number of hydrogen-bond acceptors (Lipinski definition) is 3. The van der Waals surface area contributed by atoms with E-state index in [-0.39, 0.29) is 0 Å². The van der Waals surface area contributed by atoms with Gasteiger partial charge in [0.05, 0.1) is 13.2 Å². The number of nitrogens with zero attached hydrogens (tertiary/aromatic N) is 1. The first-order valence-electron chi connectivity index (χ1n) is 6.43. The SMILES string of the molecule is C=C(C)COCCNC1CCN2CCC1C2. The molecule has 2 fully saturated rings. The first-order chi connectivity index (χ1) is 7.75. The van der Waals surface area contributed by atoms with Gasteiger partial charge < -0.3 is 15.0 Å². The van der Waals surface area contributed by atoms with E-state index in [0.717, 1.165) is 30.7 Å². The third-order valence-electron chi connectivity index (χ3n) is 3.64. The summed E-state index contributed by atoms with van der Waals surface area (Å²) in [5.74, 6) is 0.884. The van der Waals surface area contributed by atoms with E-state index in [2.05, 4.69) is 16.8 Å². The molecule has 3 heteroatoms. The van der Waals surface area contributed by atoms with Crippen molar-refractivity contribution in [1.82, 2.24) is 10.2 Å². The van der Waals surface area contributed by atoms with Crippen LogP contribution in [0.4, 0.5) is 0 Å². The van der Waals surface area contributed by atoms with Crippen LogP contribution in [0.5, 0.6) is 0 Å². The van der Waals surface area contributed by atoms with Gasteiger partial charge in [-0.05, 0) is 38.8 Å². The quantitative estimate of drug-likeness (QED) is 0.543. The summed E-state index contributed by atoms with van der Waals surface area (Å²) in [6, 6.07) is 0.729. The summed E-state index contributed by atoms with van der Waals surface area (Å²) in [7, 11) is 0. The molecular formula is C13H24N2O. The van der Waals surface area contributed by atoms with Crippen LogP contribution in [0, 0.1) is 5.92 Å². The van der Waals surface area contributed by atoms with Crippen LogP contribution in [0.25, 0.3) is 0 Å². The normalized spacial score (nSPS) is 32.9. The molecule has 3 nitrogen and oxygen atoms in total. The standard InChI is InChI=1S/C13H24N2O/c1-11(2)10-16-8-5-14-13-4-7-15-6-3-12(13)9-15/h12-14H,1,3-10H2,2H3. The first-order valence-corrected chi connectivity index (χ1v) is 6.43. The van der Waals surface area contributed by atoms with Gasteiger partial charge in [-0.2, -0.15) is 0 Å². The Hall–Kier alpha value is -0.380. The van der Waals surface area contributed by atoms with Crippen molar-refractivity contribution >= 4 is 0 Å². The maximum Gasteiger partial charge on any atom is 0.0672 e.